The summed E-state index contributed by atoms with van der Waals surface area (Å²) in [7, 11) is 0. The van der Waals surface area contributed by atoms with Gasteiger partial charge in [0.05, 0.1) is 0 Å². The van der Waals surface area contributed by atoms with E-state index in [0.717, 1.165) is 11.8 Å². The molecule has 0 saturated heterocycles. The summed E-state index contributed by atoms with van der Waals surface area (Å²) in [5.41, 5.74) is 0. The lowest BCUT2D eigenvalue weighted by Gasteiger charge is -2.30. The van der Waals surface area contributed by atoms with Crippen LogP contribution in [0.25, 0.3) is 0 Å². The van der Waals surface area contributed by atoms with E-state index in [4.69, 9.17) is 0 Å². The Morgan fingerprint density at radius 1 is 0.481 bits per heavy atom. The van der Waals surface area contributed by atoms with Gasteiger partial charge in [-0.15, -0.1) is 0 Å². The van der Waals surface area contributed by atoms with Crippen LogP contribution in [0.15, 0.2) is 0 Å². The molecule has 27 heavy (non-hydrogen) atoms. The number of rotatable bonds is 21. The summed E-state index contributed by atoms with van der Waals surface area (Å²) >= 11 is 0. The number of hydrogen-bond acceptors (Lipinski definition) is 1. The van der Waals surface area contributed by atoms with Crippen LogP contribution >= 0.6 is 0 Å². The summed E-state index contributed by atoms with van der Waals surface area (Å²) in [6.07, 6.45) is 22.6. The van der Waals surface area contributed by atoms with Gasteiger partial charge in [0, 0.05) is 13.1 Å². The fourth-order valence-corrected chi connectivity index (χ4v) is 4.29. The van der Waals surface area contributed by atoms with Crippen molar-refractivity contribution in [3.8, 4) is 0 Å². The summed E-state index contributed by atoms with van der Waals surface area (Å²) in [4.78, 5) is 2.87. The molecule has 0 radical (unpaired) electrons. The molecule has 0 fully saturated rings. The smallest absolute Gasteiger partial charge is 0.000967 e. The van der Waals surface area contributed by atoms with Crippen molar-refractivity contribution in [2.24, 2.45) is 11.8 Å². The van der Waals surface area contributed by atoms with Gasteiger partial charge < -0.3 is 4.90 Å². The van der Waals surface area contributed by atoms with E-state index in [1.807, 2.05) is 0 Å². The monoisotopic (exact) mass is 381 g/mol. The molecule has 1 nitrogen and oxygen atoms in total. The molecule has 0 bridgehead atoms. The van der Waals surface area contributed by atoms with E-state index in [1.54, 1.807) is 0 Å². The van der Waals surface area contributed by atoms with E-state index < -0.39 is 0 Å². The average Bonchev–Trinajstić information content (AvgIpc) is 2.69. The second kappa shape index (κ2) is 20.7. The van der Waals surface area contributed by atoms with Crippen molar-refractivity contribution < 1.29 is 0 Å². The molecule has 2 unspecified atom stereocenters. The van der Waals surface area contributed by atoms with Gasteiger partial charge in [0.1, 0.15) is 0 Å². The van der Waals surface area contributed by atoms with Gasteiger partial charge in [-0.1, -0.05) is 118 Å². The first-order chi connectivity index (χ1) is 13.2. The van der Waals surface area contributed by atoms with Gasteiger partial charge in [0.15, 0.2) is 0 Å². The number of hydrogen-bond donors (Lipinski definition) is 0. The minimum atomic E-state index is 0.919. The Labute approximate surface area is 174 Å². The molecule has 164 valence electrons. The zero-order chi connectivity index (χ0) is 20.2. The molecule has 0 aromatic rings. The van der Waals surface area contributed by atoms with Crippen LogP contribution in [0.2, 0.25) is 0 Å². The number of nitrogens with zero attached hydrogens (tertiary/aromatic N) is 1. The largest absolute Gasteiger partial charge is 0.303 e. The van der Waals surface area contributed by atoms with Crippen LogP contribution in [0, 0.1) is 11.8 Å². The molecular weight excluding hydrogens is 326 g/mol. The molecular formula is C26H55N. The summed E-state index contributed by atoms with van der Waals surface area (Å²) in [5, 5.41) is 0. The third-order valence-corrected chi connectivity index (χ3v) is 6.45. The fourth-order valence-electron chi connectivity index (χ4n) is 4.29. The average molecular weight is 382 g/mol. The molecule has 0 aromatic heterocycles. The molecule has 0 N–H and O–H groups in total. The lowest BCUT2D eigenvalue weighted by molar-refractivity contribution is 0.178. The standard InChI is InChI=1S/C26H55N/c1-6-11-14-15-16-17-18-19-22-27(23-25(9-4)20-12-7-2)24-26(10-5)21-13-8-3/h25-26H,6-24H2,1-5H3. The highest BCUT2D eigenvalue weighted by Crippen LogP contribution is 2.19. The highest BCUT2D eigenvalue weighted by atomic mass is 15.1. The highest BCUT2D eigenvalue weighted by Gasteiger charge is 2.16. The van der Waals surface area contributed by atoms with E-state index >= 15 is 0 Å². The van der Waals surface area contributed by atoms with Crippen LogP contribution in [0.5, 0.6) is 0 Å². The summed E-state index contributed by atoms with van der Waals surface area (Å²) < 4.78 is 0. The van der Waals surface area contributed by atoms with Crippen molar-refractivity contribution >= 4 is 0 Å². The molecule has 0 saturated carbocycles. The Morgan fingerprint density at radius 3 is 1.30 bits per heavy atom. The minimum absolute atomic E-state index is 0.919. The first-order valence-corrected chi connectivity index (χ1v) is 12.9. The molecule has 0 amide bonds. The zero-order valence-electron chi connectivity index (χ0n) is 20.0. The summed E-state index contributed by atoms with van der Waals surface area (Å²) in [6, 6.07) is 0. The normalized spacial score (nSPS) is 14.0. The molecule has 0 heterocycles. The maximum Gasteiger partial charge on any atom is 0.000967 e. The van der Waals surface area contributed by atoms with Crippen molar-refractivity contribution in [3.63, 3.8) is 0 Å². The van der Waals surface area contributed by atoms with Crippen molar-refractivity contribution in [1.82, 2.24) is 4.90 Å². The zero-order valence-corrected chi connectivity index (χ0v) is 20.0. The van der Waals surface area contributed by atoms with Crippen LogP contribution < -0.4 is 0 Å². The SMILES string of the molecule is CCCCCCCCCCN(CC(CC)CCCC)CC(CC)CCCC. The molecule has 0 rings (SSSR count). The van der Waals surface area contributed by atoms with Crippen molar-refractivity contribution in [1.29, 1.82) is 0 Å². The highest BCUT2D eigenvalue weighted by molar-refractivity contribution is 4.70. The Hall–Kier alpha value is -0.0400. The van der Waals surface area contributed by atoms with E-state index in [9.17, 15) is 0 Å². The maximum atomic E-state index is 2.87. The first kappa shape index (κ1) is 27.0. The predicted molar refractivity (Wildman–Crippen MR) is 126 cm³/mol. The van der Waals surface area contributed by atoms with Gasteiger partial charge in [-0.25, -0.2) is 0 Å². The predicted octanol–water partition coefficient (Wildman–Crippen LogP) is 8.86. The molecule has 2 atom stereocenters. The summed E-state index contributed by atoms with van der Waals surface area (Å²) in [5.74, 6) is 1.84. The molecule has 1 heteroatoms. The van der Waals surface area contributed by atoms with Crippen LogP contribution in [0.4, 0.5) is 0 Å². The van der Waals surface area contributed by atoms with Gasteiger partial charge >= 0.3 is 0 Å². The van der Waals surface area contributed by atoms with Gasteiger partial charge in [-0.2, -0.15) is 0 Å². The minimum Gasteiger partial charge on any atom is -0.303 e. The maximum absolute atomic E-state index is 2.87. The topological polar surface area (TPSA) is 3.24 Å². The van der Waals surface area contributed by atoms with Crippen LogP contribution in [-0.2, 0) is 0 Å². The first-order valence-electron chi connectivity index (χ1n) is 12.9. The second-order valence-corrected chi connectivity index (χ2v) is 9.07. The molecule has 0 aromatic carbocycles. The van der Waals surface area contributed by atoms with Crippen molar-refractivity contribution in [3.05, 3.63) is 0 Å². The van der Waals surface area contributed by atoms with Crippen LogP contribution in [0.3, 0.4) is 0 Å². The lowest BCUT2D eigenvalue weighted by atomic mass is 9.95. The van der Waals surface area contributed by atoms with Crippen LogP contribution in [0.1, 0.15) is 137 Å². The second-order valence-electron chi connectivity index (χ2n) is 9.07. The Kier molecular flexibility index (Phi) is 20.7. The van der Waals surface area contributed by atoms with E-state index in [2.05, 4.69) is 39.5 Å². The fraction of sp³-hybridized carbons (Fsp3) is 1.00. The van der Waals surface area contributed by atoms with Gasteiger partial charge in [0.2, 0.25) is 0 Å². The quantitative estimate of drug-likeness (QED) is 0.179. The van der Waals surface area contributed by atoms with E-state index in [1.165, 1.54) is 122 Å². The van der Waals surface area contributed by atoms with Crippen molar-refractivity contribution in [2.75, 3.05) is 19.6 Å². The Balaban J connectivity index is 4.32. The third-order valence-electron chi connectivity index (χ3n) is 6.45. The van der Waals surface area contributed by atoms with Crippen LogP contribution in [-0.4, -0.2) is 24.5 Å². The molecule has 0 aliphatic heterocycles. The molecule has 0 aliphatic carbocycles. The van der Waals surface area contributed by atoms with E-state index in [-0.39, 0.29) is 0 Å². The van der Waals surface area contributed by atoms with Gasteiger partial charge in [0.25, 0.3) is 0 Å². The lowest BCUT2D eigenvalue weighted by Crippen LogP contribution is -2.35. The molecule has 0 spiro atoms. The molecule has 0 aliphatic rings. The van der Waals surface area contributed by atoms with Gasteiger partial charge in [-0.05, 0) is 37.6 Å². The third kappa shape index (κ3) is 16.6. The Morgan fingerprint density at radius 2 is 0.889 bits per heavy atom. The number of unbranched alkanes of at least 4 members (excludes halogenated alkanes) is 9. The Bertz CT molecular complexity index is 257. The van der Waals surface area contributed by atoms with Crippen molar-refractivity contribution in [2.45, 2.75) is 137 Å². The summed E-state index contributed by atoms with van der Waals surface area (Å²) in [6.45, 7) is 15.9. The van der Waals surface area contributed by atoms with E-state index in [0.29, 0.717) is 0 Å². The van der Waals surface area contributed by atoms with Gasteiger partial charge in [-0.3, -0.25) is 0 Å².